The molecule has 0 atom stereocenters. The molecule has 19 heavy (non-hydrogen) atoms. The van der Waals surface area contributed by atoms with E-state index >= 15 is 0 Å². The van der Waals surface area contributed by atoms with E-state index in [9.17, 15) is 10.1 Å². The largest absolute Gasteiger partial charge is 0.363 e. The fourth-order valence-electron chi connectivity index (χ4n) is 2.48. The van der Waals surface area contributed by atoms with Crippen LogP contribution in [-0.4, -0.2) is 42.5 Å². The number of benzene rings is 1. The molecule has 1 aromatic carbocycles. The summed E-state index contributed by atoms with van der Waals surface area (Å²) < 4.78 is 0. The highest BCUT2D eigenvalue weighted by atomic mass is 16.6. The molecule has 1 saturated heterocycles. The Labute approximate surface area is 114 Å². The Morgan fingerprint density at radius 1 is 1.21 bits per heavy atom. The number of unbranched alkanes of at least 4 members (excludes halogenated alkanes) is 1. The zero-order chi connectivity index (χ0) is 13.7. The van der Waals surface area contributed by atoms with Crippen LogP contribution in [0.4, 0.5) is 11.4 Å². The minimum atomic E-state index is -0.293. The van der Waals surface area contributed by atoms with Gasteiger partial charge in [0, 0.05) is 32.2 Å². The molecule has 0 saturated carbocycles. The Morgan fingerprint density at radius 3 is 2.53 bits per heavy atom. The maximum absolute atomic E-state index is 11.0. The van der Waals surface area contributed by atoms with Crippen molar-refractivity contribution in [2.24, 2.45) is 0 Å². The van der Waals surface area contributed by atoms with E-state index in [-0.39, 0.29) is 10.6 Å². The lowest BCUT2D eigenvalue weighted by Crippen LogP contribution is -2.46. The van der Waals surface area contributed by atoms with Gasteiger partial charge in [-0.1, -0.05) is 25.5 Å². The fourth-order valence-corrected chi connectivity index (χ4v) is 2.48. The zero-order valence-electron chi connectivity index (χ0n) is 11.4. The number of para-hydroxylation sites is 2. The average molecular weight is 263 g/mol. The summed E-state index contributed by atoms with van der Waals surface area (Å²) >= 11 is 0. The van der Waals surface area contributed by atoms with Crippen LogP contribution >= 0.6 is 0 Å². The van der Waals surface area contributed by atoms with E-state index in [0.29, 0.717) is 0 Å². The molecule has 2 rings (SSSR count). The molecule has 0 aromatic heterocycles. The van der Waals surface area contributed by atoms with Crippen molar-refractivity contribution in [1.82, 2.24) is 4.90 Å². The molecule has 1 aliphatic rings. The SMILES string of the molecule is CCCCN1CCN(c2ccccc2[N+](=O)[O-])CC1. The van der Waals surface area contributed by atoms with Gasteiger partial charge in [-0.3, -0.25) is 15.0 Å². The molecule has 0 radical (unpaired) electrons. The molecule has 0 bridgehead atoms. The monoisotopic (exact) mass is 263 g/mol. The molecule has 1 aromatic rings. The van der Waals surface area contributed by atoms with E-state index in [1.165, 1.54) is 12.8 Å². The van der Waals surface area contributed by atoms with Crippen molar-refractivity contribution in [1.29, 1.82) is 0 Å². The van der Waals surface area contributed by atoms with Crippen LogP contribution in [0.5, 0.6) is 0 Å². The van der Waals surface area contributed by atoms with Crippen molar-refractivity contribution < 1.29 is 4.92 Å². The third kappa shape index (κ3) is 3.44. The number of piperazine rings is 1. The summed E-state index contributed by atoms with van der Waals surface area (Å²) in [5.74, 6) is 0. The van der Waals surface area contributed by atoms with Crippen LogP contribution < -0.4 is 4.90 Å². The summed E-state index contributed by atoms with van der Waals surface area (Å²) in [7, 11) is 0. The molecule has 0 unspecified atom stereocenters. The number of hydrogen-bond acceptors (Lipinski definition) is 4. The minimum absolute atomic E-state index is 0.213. The normalized spacial score (nSPS) is 16.6. The lowest BCUT2D eigenvalue weighted by Gasteiger charge is -2.35. The molecule has 5 heteroatoms. The highest BCUT2D eigenvalue weighted by molar-refractivity contribution is 5.63. The van der Waals surface area contributed by atoms with Gasteiger partial charge >= 0.3 is 0 Å². The molecular formula is C14H21N3O2. The number of nitro benzene ring substituents is 1. The summed E-state index contributed by atoms with van der Waals surface area (Å²) in [5, 5.41) is 11.0. The van der Waals surface area contributed by atoms with E-state index in [1.807, 2.05) is 12.1 Å². The van der Waals surface area contributed by atoms with E-state index in [2.05, 4.69) is 16.7 Å². The van der Waals surface area contributed by atoms with Crippen LogP contribution in [0.1, 0.15) is 19.8 Å². The maximum Gasteiger partial charge on any atom is 0.292 e. The lowest BCUT2D eigenvalue weighted by atomic mass is 10.2. The van der Waals surface area contributed by atoms with Crippen LogP contribution in [0.25, 0.3) is 0 Å². The topological polar surface area (TPSA) is 49.6 Å². The number of nitro groups is 1. The molecule has 104 valence electrons. The van der Waals surface area contributed by atoms with Gasteiger partial charge < -0.3 is 4.90 Å². The van der Waals surface area contributed by atoms with Gasteiger partial charge in [0.15, 0.2) is 0 Å². The third-order valence-corrected chi connectivity index (χ3v) is 3.62. The molecule has 0 amide bonds. The molecular weight excluding hydrogens is 242 g/mol. The summed E-state index contributed by atoms with van der Waals surface area (Å²) in [4.78, 5) is 15.3. The molecule has 0 spiro atoms. The van der Waals surface area contributed by atoms with Gasteiger partial charge in [-0.25, -0.2) is 0 Å². The predicted molar refractivity (Wildman–Crippen MR) is 76.7 cm³/mol. The second-order valence-electron chi connectivity index (χ2n) is 4.93. The maximum atomic E-state index is 11.0. The van der Waals surface area contributed by atoms with Gasteiger partial charge in [0.1, 0.15) is 5.69 Å². The van der Waals surface area contributed by atoms with E-state index in [0.717, 1.165) is 38.4 Å². The van der Waals surface area contributed by atoms with Crippen molar-refractivity contribution in [3.05, 3.63) is 34.4 Å². The third-order valence-electron chi connectivity index (χ3n) is 3.62. The summed E-state index contributed by atoms with van der Waals surface area (Å²) in [5.41, 5.74) is 0.965. The quantitative estimate of drug-likeness (QED) is 0.605. The van der Waals surface area contributed by atoms with Crippen LogP contribution in [0, 0.1) is 10.1 Å². The summed E-state index contributed by atoms with van der Waals surface area (Å²) in [6, 6.07) is 7.02. The van der Waals surface area contributed by atoms with Gasteiger partial charge in [-0.05, 0) is 19.0 Å². The number of nitrogens with zero attached hydrogens (tertiary/aromatic N) is 3. The summed E-state index contributed by atoms with van der Waals surface area (Å²) in [6.07, 6.45) is 2.44. The van der Waals surface area contributed by atoms with Crippen molar-refractivity contribution in [2.75, 3.05) is 37.6 Å². The minimum Gasteiger partial charge on any atom is -0.363 e. The van der Waals surface area contributed by atoms with Crippen LogP contribution in [-0.2, 0) is 0 Å². The van der Waals surface area contributed by atoms with Crippen molar-refractivity contribution in [3.8, 4) is 0 Å². The van der Waals surface area contributed by atoms with Crippen molar-refractivity contribution in [2.45, 2.75) is 19.8 Å². The number of hydrogen-bond donors (Lipinski definition) is 0. The Bertz CT molecular complexity index is 428. The Balaban J connectivity index is 2.00. The van der Waals surface area contributed by atoms with Gasteiger partial charge in [0.05, 0.1) is 4.92 Å². The Hall–Kier alpha value is -1.62. The molecule has 0 aliphatic carbocycles. The zero-order valence-corrected chi connectivity index (χ0v) is 11.4. The average Bonchev–Trinajstić information content (AvgIpc) is 2.45. The Morgan fingerprint density at radius 2 is 1.89 bits per heavy atom. The molecule has 1 fully saturated rings. The highest BCUT2D eigenvalue weighted by Gasteiger charge is 2.22. The first-order valence-electron chi connectivity index (χ1n) is 6.93. The molecule has 1 aliphatic heterocycles. The highest BCUT2D eigenvalue weighted by Crippen LogP contribution is 2.28. The predicted octanol–water partition coefficient (Wildman–Crippen LogP) is 2.52. The lowest BCUT2D eigenvalue weighted by molar-refractivity contribution is -0.384. The summed E-state index contributed by atoms with van der Waals surface area (Å²) in [6.45, 7) is 7.06. The first kappa shape index (κ1) is 13.8. The molecule has 0 N–H and O–H groups in total. The van der Waals surface area contributed by atoms with Gasteiger partial charge in [0.2, 0.25) is 0 Å². The first-order chi connectivity index (χ1) is 9.22. The van der Waals surface area contributed by atoms with Gasteiger partial charge in [-0.2, -0.15) is 0 Å². The van der Waals surface area contributed by atoms with Gasteiger partial charge in [-0.15, -0.1) is 0 Å². The van der Waals surface area contributed by atoms with E-state index in [1.54, 1.807) is 12.1 Å². The fraction of sp³-hybridized carbons (Fsp3) is 0.571. The number of rotatable bonds is 5. The van der Waals surface area contributed by atoms with E-state index in [4.69, 9.17) is 0 Å². The molecule has 5 nitrogen and oxygen atoms in total. The van der Waals surface area contributed by atoms with Crippen LogP contribution in [0.15, 0.2) is 24.3 Å². The van der Waals surface area contributed by atoms with E-state index < -0.39 is 0 Å². The smallest absolute Gasteiger partial charge is 0.292 e. The van der Waals surface area contributed by atoms with Crippen molar-refractivity contribution in [3.63, 3.8) is 0 Å². The second-order valence-corrected chi connectivity index (χ2v) is 4.93. The van der Waals surface area contributed by atoms with Gasteiger partial charge in [0.25, 0.3) is 5.69 Å². The van der Waals surface area contributed by atoms with Crippen LogP contribution in [0.2, 0.25) is 0 Å². The van der Waals surface area contributed by atoms with Crippen LogP contribution in [0.3, 0.4) is 0 Å². The standard InChI is InChI=1S/C14H21N3O2/c1-2-3-8-15-9-11-16(12-10-15)13-6-4-5-7-14(13)17(18)19/h4-7H,2-3,8-12H2,1H3. The molecule has 1 heterocycles. The number of anilines is 1. The first-order valence-corrected chi connectivity index (χ1v) is 6.93. The Kier molecular flexibility index (Phi) is 4.74. The second kappa shape index (κ2) is 6.52. The van der Waals surface area contributed by atoms with Crippen molar-refractivity contribution >= 4 is 11.4 Å².